The molecule has 3 rings (SSSR count). The van der Waals surface area contributed by atoms with E-state index in [0.29, 0.717) is 46.5 Å². The van der Waals surface area contributed by atoms with E-state index in [-0.39, 0.29) is 31.3 Å². The third-order valence-electron chi connectivity index (χ3n) is 4.97. The van der Waals surface area contributed by atoms with Crippen molar-refractivity contribution in [2.75, 3.05) is 20.3 Å². The Balaban J connectivity index is 1.93. The van der Waals surface area contributed by atoms with E-state index in [1.165, 1.54) is 18.2 Å². The Morgan fingerprint density at radius 3 is 2.61 bits per heavy atom. The summed E-state index contributed by atoms with van der Waals surface area (Å²) in [5.74, 6) is -0.559. The molecule has 2 aromatic rings. The molecule has 1 aliphatic rings. The van der Waals surface area contributed by atoms with Crippen LogP contribution in [0.1, 0.15) is 30.5 Å². The predicted octanol–water partition coefficient (Wildman–Crippen LogP) is 4.21. The van der Waals surface area contributed by atoms with Crippen molar-refractivity contribution in [3.63, 3.8) is 0 Å². The number of hydrogen-bond donors (Lipinski definition) is 1. The smallest absolute Gasteiger partial charge is 0.496 e. The summed E-state index contributed by atoms with van der Waals surface area (Å²) >= 11 is 0. The van der Waals surface area contributed by atoms with E-state index < -0.39 is 12.1 Å². The first-order chi connectivity index (χ1) is 14.8. The van der Waals surface area contributed by atoms with E-state index in [9.17, 15) is 14.0 Å². The van der Waals surface area contributed by atoms with Gasteiger partial charge in [0.15, 0.2) is 0 Å². The Hall–Kier alpha value is -3.13. The molecule has 7 nitrogen and oxygen atoms in total. The van der Waals surface area contributed by atoms with Gasteiger partial charge in [0.25, 0.3) is 0 Å². The largest absolute Gasteiger partial charge is 0.527 e. The van der Waals surface area contributed by atoms with Gasteiger partial charge in [0.1, 0.15) is 11.6 Å². The number of nitrogens with zero attached hydrogens (tertiary/aromatic N) is 1. The number of rotatable bonds is 7. The number of carboxylic acid groups (broad SMARTS) is 1. The zero-order chi connectivity index (χ0) is 22.5. The maximum atomic E-state index is 14.5. The highest BCUT2D eigenvalue weighted by atomic mass is 19.1. The fourth-order valence-corrected chi connectivity index (χ4v) is 3.55. The van der Waals surface area contributed by atoms with Gasteiger partial charge in [0.05, 0.1) is 26.7 Å². The number of fused-ring (bicyclic) bond motifs is 1. The summed E-state index contributed by atoms with van der Waals surface area (Å²) in [5.41, 5.74) is 3.15. The number of benzene rings is 2. The summed E-state index contributed by atoms with van der Waals surface area (Å²) in [6.45, 7) is 4.60. The van der Waals surface area contributed by atoms with Crippen LogP contribution in [0.4, 0.5) is 9.18 Å². The van der Waals surface area contributed by atoms with Gasteiger partial charge in [-0.05, 0) is 52.8 Å². The topological polar surface area (TPSA) is 85.3 Å². The highest BCUT2D eigenvalue weighted by Gasteiger charge is 2.26. The average molecular weight is 431 g/mol. The van der Waals surface area contributed by atoms with E-state index in [4.69, 9.17) is 19.4 Å². The molecule has 0 atom stereocenters. The fraction of sp³-hybridized carbons (Fsp3) is 0.391. The number of aliphatic carboxylic acids is 1. The fourth-order valence-electron chi connectivity index (χ4n) is 3.55. The quantitative estimate of drug-likeness (QED) is 0.657. The first-order valence-corrected chi connectivity index (χ1v) is 10.1. The van der Waals surface area contributed by atoms with Gasteiger partial charge in [-0.15, -0.1) is 5.06 Å². The van der Waals surface area contributed by atoms with Gasteiger partial charge in [-0.1, -0.05) is 26.0 Å². The second kappa shape index (κ2) is 9.78. The number of carbonyl (C=O) groups excluding carboxylic acids is 1. The van der Waals surface area contributed by atoms with Gasteiger partial charge >= 0.3 is 12.1 Å². The molecule has 0 aromatic heterocycles. The molecule has 0 amide bonds. The first-order valence-electron chi connectivity index (χ1n) is 10.1. The summed E-state index contributed by atoms with van der Waals surface area (Å²) in [7, 11) is 1.52. The van der Waals surface area contributed by atoms with Crippen molar-refractivity contribution in [2.45, 2.75) is 33.2 Å². The minimum absolute atomic E-state index is 0.142. The van der Waals surface area contributed by atoms with Crippen LogP contribution in [0.15, 0.2) is 30.3 Å². The monoisotopic (exact) mass is 431 g/mol. The van der Waals surface area contributed by atoms with Crippen LogP contribution in [0.3, 0.4) is 0 Å². The Morgan fingerprint density at radius 1 is 1.16 bits per heavy atom. The second-order valence-electron chi connectivity index (χ2n) is 7.82. The molecule has 1 N–H and O–H groups in total. The number of hydrogen-bond acceptors (Lipinski definition) is 6. The molecule has 0 saturated heterocycles. The summed E-state index contributed by atoms with van der Waals surface area (Å²) in [6, 6.07) is 8.15. The number of halogens is 1. The van der Waals surface area contributed by atoms with Crippen LogP contribution in [0.2, 0.25) is 0 Å². The molecule has 0 spiro atoms. The standard InChI is InChI=1S/C23H26FNO6/c1-14(2)13-30-23(28)31-25-9-8-17-19(12-25)16(5-6-20(17)24)18-10-15(11-22(26)27)4-7-21(18)29-3/h4-7,10,14H,8-9,11-13H2,1-3H3,(H,26,27). The molecule has 2 aromatic carbocycles. The number of hydroxylamine groups is 2. The molecule has 0 unspecified atom stereocenters. The molecule has 0 radical (unpaired) electrons. The van der Waals surface area contributed by atoms with Gasteiger partial charge < -0.3 is 19.4 Å². The molecule has 0 fully saturated rings. The lowest BCUT2D eigenvalue weighted by molar-refractivity contribution is -0.139. The van der Waals surface area contributed by atoms with Crippen molar-refractivity contribution in [1.29, 1.82) is 0 Å². The minimum Gasteiger partial charge on any atom is -0.496 e. The second-order valence-corrected chi connectivity index (χ2v) is 7.82. The molecule has 0 aliphatic carbocycles. The Kier molecular flexibility index (Phi) is 7.12. The van der Waals surface area contributed by atoms with E-state index in [1.54, 1.807) is 24.3 Å². The van der Waals surface area contributed by atoms with Crippen LogP contribution in [0.5, 0.6) is 5.75 Å². The van der Waals surface area contributed by atoms with E-state index >= 15 is 0 Å². The Bertz CT molecular complexity index is 975. The van der Waals surface area contributed by atoms with Crippen LogP contribution < -0.4 is 4.74 Å². The maximum Gasteiger partial charge on any atom is 0.527 e. The molecular weight excluding hydrogens is 405 g/mol. The molecule has 8 heteroatoms. The van der Waals surface area contributed by atoms with Gasteiger partial charge in [-0.25, -0.2) is 9.18 Å². The molecule has 31 heavy (non-hydrogen) atoms. The van der Waals surface area contributed by atoms with Crippen molar-refractivity contribution >= 4 is 12.1 Å². The van der Waals surface area contributed by atoms with Crippen molar-refractivity contribution in [3.05, 3.63) is 52.8 Å². The number of methoxy groups -OCH3 is 1. The zero-order valence-electron chi connectivity index (χ0n) is 17.8. The van der Waals surface area contributed by atoms with Crippen LogP contribution in [-0.4, -0.2) is 42.6 Å². The summed E-state index contributed by atoms with van der Waals surface area (Å²) in [4.78, 5) is 28.4. The normalized spacial score (nSPS) is 13.6. The third-order valence-corrected chi connectivity index (χ3v) is 4.97. The summed E-state index contributed by atoms with van der Waals surface area (Å²) < 4.78 is 25.1. The molecule has 166 valence electrons. The van der Waals surface area contributed by atoms with Crippen LogP contribution >= 0.6 is 0 Å². The van der Waals surface area contributed by atoms with Gasteiger partial charge in [-0.2, -0.15) is 0 Å². The van der Waals surface area contributed by atoms with Crippen molar-refractivity contribution in [2.24, 2.45) is 5.92 Å². The molecular formula is C23H26FNO6. The SMILES string of the molecule is COc1ccc(CC(=O)O)cc1-c1ccc(F)c2c1CN(OC(=O)OCC(C)C)CC2. The summed E-state index contributed by atoms with van der Waals surface area (Å²) in [5, 5.41) is 10.6. The Morgan fingerprint density at radius 2 is 1.94 bits per heavy atom. The third kappa shape index (κ3) is 5.52. The van der Waals surface area contributed by atoms with Crippen molar-refractivity contribution < 1.29 is 33.4 Å². The maximum absolute atomic E-state index is 14.5. The predicted molar refractivity (Wildman–Crippen MR) is 111 cm³/mol. The van der Waals surface area contributed by atoms with E-state index in [0.717, 1.165) is 0 Å². The lowest BCUT2D eigenvalue weighted by Gasteiger charge is -2.29. The first kappa shape index (κ1) is 22.6. The van der Waals surface area contributed by atoms with E-state index in [1.807, 2.05) is 13.8 Å². The zero-order valence-corrected chi connectivity index (χ0v) is 17.8. The highest BCUT2D eigenvalue weighted by molar-refractivity contribution is 5.77. The average Bonchev–Trinajstić information content (AvgIpc) is 2.72. The number of ether oxygens (including phenoxy) is 2. The molecule has 1 aliphatic heterocycles. The molecule has 1 heterocycles. The lowest BCUT2D eigenvalue weighted by atomic mass is 9.90. The van der Waals surface area contributed by atoms with Gasteiger partial charge in [0.2, 0.25) is 0 Å². The highest BCUT2D eigenvalue weighted by Crippen LogP contribution is 2.37. The van der Waals surface area contributed by atoms with E-state index in [2.05, 4.69) is 0 Å². The molecule has 0 saturated carbocycles. The van der Waals surface area contributed by atoms with Crippen LogP contribution in [0, 0.1) is 11.7 Å². The van der Waals surface area contributed by atoms with Crippen LogP contribution in [-0.2, 0) is 33.8 Å². The number of carbonyl (C=O) groups is 2. The van der Waals surface area contributed by atoms with Crippen LogP contribution in [0.25, 0.3) is 11.1 Å². The van der Waals surface area contributed by atoms with Gasteiger partial charge in [-0.3, -0.25) is 4.79 Å². The number of carboxylic acids is 1. The van der Waals surface area contributed by atoms with Gasteiger partial charge in [0, 0.05) is 12.1 Å². The lowest BCUT2D eigenvalue weighted by Crippen LogP contribution is -2.34. The minimum atomic E-state index is -0.947. The Labute approximate surface area is 180 Å². The van der Waals surface area contributed by atoms with Crippen molar-refractivity contribution in [3.8, 4) is 16.9 Å². The van der Waals surface area contributed by atoms with Crippen molar-refractivity contribution in [1.82, 2.24) is 5.06 Å². The summed E-state index contributed by atoms with van der Waals surface area (Å²) in [6.07, 6.45) is -0.586. The molecule has 0 bridgehead atoms.